The topological polar surface area (TPSA) is 86.5 Å². The van der Waals surface area contributed by atoms with Crippen LogP contribution in [0.15, 0.2) is 24.3 Å². The first-order valence-electron chi connectivity index (χ1n) is 5.77. The largest absolute Gasteiger partial charge is 0.465 e. The summed E-state index contributed by atoms with van der Waals surface area (Å²) < 4.78 is 4.84. The van der Waals surface area contributed by atoms with Crippen LogP contribution in [-0.2, 0) is 9.53 Å². The van der Waals surface area contributed by atoms with Crippen LogP contribution in [0.1, 0.15) is 31.1 Å². The van der Waals surface area contributed by atoms with Crippen molar-refractivity contribution in [2.24, 2.45) is 5.41 Å². The summed E-state index contributed by atoms with van der Waals surface area (Å²) in [6, 6.07) is 5.13. The average molecular weight is 265 g/mol. The normalized spacial score (nSPS) is 10.9. The summed E-state index contributed by atoms with van der Waals surface area (Å²) in [5.41, 5.74) is -1.18. The van der Waals surface area contributed by atoms with E-state index in [1.807, 2.05) is 0 Å². The van der Waals surface area contributed by atoms with Crippen molar-refractivity contribution in [1.29, 1.82) is 0 Å². The van der Waals surface area contributed by atoms with E-state index in [1.54, 1.807) is 6.92 Å². The highest BCUT2D eigenvalue weighted by atomic mass is 16.6. The molecular weight excluding hydrogens is 250 g/mol. The Morgan fingerprint density at radius 3 is 2.21 bits per heavy atom. The van der Waals surface area contributed by atoms with Crippen LogP contribution in [0.2, 0.25) is 0 Å². The monoisotopic (exact) mass is 265 g/mol. The van der Waals surface area contributed by atoms with E-state index in [2.05, 4.69) is 0 Å². The van der Waals surface area contributed by atoms with Crippen LogP contribution in [0.5, 0.6) is 0 Å². The van der Waals surface area contributed by atoms with Gasteiger partial charge in [0.25, 0.3) is 5.69 Å². The van der Waals surface area contributed by atoms with Gasteiger partial charge in [-0.15, -0.1) is 0 Å². The zero-order chi connectivity index (χ0) is 14.6. The molecule has 0 heterocycles. The van der Waals surface area contributed by atoms with E-state index in [-0.39, 0.29) is 17.9 Å². The molecule has 0 bridgehead atoms. The Labute approximate surface area is 110 Å². The van der Waals surface area contributed by atoms with Crippen molar-refractivity contribution in [2.45, 2.75) is 20.8 Å². The molecule has 0 aliphatic rings. The number of rotatable bonds is 5. The van der Waals surface area contributed by atoms with E-state index < -0.39 is 22.1 Å². The molecule has 102 valence electrons. The third-order valence-electron chi connectivity index (χ3n) is 2.69. The Hall–Kier alpha value is -2.24. The second kappa shape index (κ2) is 5.60. The highest BCUT2D eigenvalue weighted by Crippen LogP contribution is 2.25. The number of nitro benzene ring substituents is 1. The molecule has 0 spiro atoms. The van der Waals surface area contributed by atoms with Crippen LogP contribution in [0.3, 0.4) is 0 Å². The van der Waals surface area contributed by atoms with E-state index in [4.69, 9.17) is 4.74 Å². The van der Waals surface area contributed by atoms with Crippen molar-refractivity contribution in [3.63, 3.8) is 0 Å². The molecule has 0 aliphatic carbocycles. The summed E-state index contributed by atoms with van der Waals surface area (Å²) in [6.45, 7) is 4.78. The Morgan fingerprint density at radius 2 is 1.79 bits per heavy atom. The number of nitro groups is 1. The molecule has 0 aromatic heterocycles. The van der Waals surface area contributed by atoms with Crippen LogP contribution in [-0.4, -0.2) is 23.3 Å². The average Bonchev–Trinajstić information content (AvgIpc) is 2.38. The highest BCUT2D eigenvalue weighted by molar-refractivity contribution is 6.11. The molecule has 0 saturated carbocycles. The van der Waals surface area contributed by atoms with Crippen molar-refractivity contribution in [1.82, 2.24) is 0 Å². The molecule has 1 rings (SSSR count). The zero-order valence-electron chi connectivity index (χ0n) is 11.0. The molecule has 6 heteroatoms. The number of non-ortho nitro benzene ring substituents is 1. The predicted molar refractivity (Wildman–Crippen MR) is 67.8 cm³/mol. The van der Waals surface area contributed by atoms with Crippen LogP contribution >= 0.6 is 0 Å². The minimum absolute atomic E-state index is 0.106. The molecule has 6 nitrogen and oxygen atoms in total. The number of esters is 1. The molecular formula is C13H15NO5. The fourth-order valence-electron chi connectivity index (χ4n) is 1.50. The molecule has 0 fully saturated rings. The lowest BCUT2D eigenvalue weighted by atomic mass is 9.84. The number of ether oxygens (including phenoxy) is 1. The maximum Gasteiger partial charge on any atom is 0.319 e. The molecule has 0 N–H and O–H groups in total. The maximum absolute atomic E-state index is 12.2. The number of nitrogens with zero attached hydrogens (tertiary/aromatic N) is 1. The Balaban J connectivity index is 2.99. The number of Topliss-reactive ketones (excluding diaryl/α,β-unsaturated/α-hetero) is 1. The van der Waals surface area contributed by atoms with E-state index in [1.165, 1.54) is 38.1 Å². The quantitative estimate of drug-likeness (QED) is 0.268. The molecule has 0 radical (unpaired) electrons. The van der Waals surface area contributed by atoms with E-state index >= 15 is 0 Å². The molecule has 0 aliphatic heterocycles. The van der Waals surface area contributed by atoms with Gasteiger partial charge in [0.2, 0.25) is 0 Å². The van der Waals surface area contributed by atoms with Crippen molar-refractivity contribution in [3.05, 3.63) is 39.9 Å². The number of carbonyl (C=O) groups excluding carboxylic acids is 2. The first-order chi connectivity index (χ1) is 8.80. The van der Waals surface area contributed by atoms with Gasteiger partial charge in [-0.2, -0.15) is 0 Å². The van der Waals surface area contributed by atoms with Gasteiger partial charge in [-0.3, -0.25) is 19.7 Å². The van der Waals surface area contributed by atoms with E-state index in [0.717, 1.165) is 0 Å². The highest BCUT2D eigenvalue weighted by Gasteiger charge is 2.38. The second-order valence-corrected chi connectivity index (χ2v) is 4.48. The molecule has 0 amide bonds. The van der Waals surface area contributed by atoms with Crippen molar-refractivity contribution < 1.29 is 19.2 Å². The van der Waals surface area contributed by atoms with Crippen molar-refractivity contribution in [2.75, 3.05) is 6.61 Å². The number of hydrogen-bond acceptors (Lipinski definition) is 5. The van der Waals surface area contributed by atoms with E-state index in [9.17, 15) is 19.7 Å². The maximum atomic E-state index is 12.2. The van der Waals surface area contributed by atoms with Gasteiger partial charge in [-0.25, -0.2) is 0 Å². The lowest BCUT2D eigenvalue weighted by molar-refractivity contribution is -0.384. The van der Waals surface area contributed by atoms with Crippen LogP contribution < -0.4 is 0 Å². The standard InChI is InChI=1S/C13H15NO5/c1-4-19-12(16)13(2,3)11(15)9-5-7-10(8-6-9)14(17)18/h5-8H,4H2,1-3H3. The summed E-state index contributed by atoms with van der Waals surface area (Å²) in [5, 5.41) is 10.5. The first-order valence-corrected chi connectivity index (χ1v) is 5.77. The molecule has 19 heavy (non-hydrogen) atoms. The van der Waals surface area contributed by atoms with Gasteiger partial charge in [0.1, 0.15) is 5.41 Å². The predicted octanol–water partition coefficient (Wildman–Crippen LogP) is 2.37. The smallest absolute Gasteiger partial charge is 0.319 e. The summed E-state index contributed by atoms with van der Waals surface area (Å²) >= 11 is 0. The number of ketones is 1. The van der Waals surface area contributed by atoms with Gasteiger partial charge in [0.05, 0.1) is 11.5 Å². The Kier molecular flexibility index (Phi) is 4.37. The minimum Gasteiger partial charge on any atom is -0.465 e. The van der Waals surface area contributed by atoms with Gasteiger partial charge in [-0.1, -0.05) is 0 Å². The number of hydrogen-bond donors (Lipinski definition) is 0. The summed E-state index contributed by atoms with van der Waals surface area (Å²) in [7, 11) is 0. The van der Waals surface area contributed by atoms with Crippen LogP contribution in [0.4, 0.5) is 5.69 Å². The first kappa shape index (κ1) is 14.8. The van der Waals surface area contributed by atoms with Crippen LogP contribution in [0, 0.1) is 15.5 Å². The number of carbonyl (C=O) groups is 2. The zero-order valence-corrected chi connectivity index (χ0v) is 11.0. The fraction of sp³-hybridized carbons (Fsp3) is 0.385. The molecule has 0 atom stereocenters. The third kappa shape index (κ3) is 3.15. The minimum atomic E-state index is -1.31. The van der Waals surface area contributed by atoms with Gasteiger partial charge >= 0.3 is 5.97 Å². The molecule has 0 saturated heterocycles. The second-order valence-electron chi connectivity index (χ2n) is 4.48. The molecule has 1 aromatic rings. The van der Waals surface area contributed by atoms with E-state index in [0.29, 0.717) is 0 Å². The van der Waals surface area contributed by atoms with Gasteiger partial charge < -0.3 is 4.74 Å². The van der Waals surface area contributed by atoms with Crippen molar-refractivity contribution in [3.8, 4) is 0 Å². The Morgan fingerprint density at radius 1 is 1.26 bits per heavy atom. The molecule has 1 aromatic carbocycles. The molecule has 0 unspecified atom stereocenters. The number of benzene rings is 1. The van der Waals surface area contributed by atoms with Crippen LogP contribution in [0.25, 0.3) is 0 Å². The third-order valence-corrected chi connectivity index (χ3v) is 2.69. The van der Waals surface area contributed by atoms with Gasteiger partial charge in [0.15, 0.2) is 5.78 Å². The summed E-state index contributed by atoms with van der Waals surface area (Å²) in [4.78, 5) is 33.9. The summed E-state index contributed by atoms with van der Waals surface area (Å²) in [6.07, 6.45) is 0. The van der Waals surface area contributed by atoms with Gasteiger partial charge in [-0.05, 0) is 32.9 Å². The SMILES string of the molecule is CCOC(=O)C(C)(C)C(=O)c1ccc([N+](=O)[O-])cc1. The van der Waals surface area contributed by atoms with Crippen molar-refractivity contribution >= 4 is 17.4 Å². The fourth-order valence-corrected chi connectivity index (χ4v) is 1.50. The Bertz CT molecular complexity index is 504. The van der Waals surface area contributed by atoms with Gasteiger partial charge in [0, 0.05) is 17.7 Å². The lowest BCUT2D eigenvalue weighted by Crippen LogP contribution is -2.35. The lowest BCUT2D eigenvalue weighted by Gasteiger charge is -2.20. The summed E-state index contributed by atoms with van der Waals surface area (Å²) in [5.74, 6) is -1.04.